The predicted molar refractivity (Wildman–Crippen MR) is 92.4 cm³/mol. The van der Waals surface area contributed by atoms with E-state index in [-0.39, 0.29) is 0 Å². The Bertz CT molecular complexity index is 667. The molecule has 0 aromatic heterocycles. The molecule has 0 heterocycles. The summed E-state index contributed by atoms with van der Waals surface area (Å²) in [5.41, 5.74) is 1.51. The minimum absolute atomic E-state index is 0.623. The van der Waals surface area contributed by atoms with E-state index in [1.165, 1.54) is 14.2 Å². The van der Waals surface area contributed by atoms with Crippen molar-refractivity contribution in [2.75, 3.05) is 26.6 Å². The summed E-state index contributed by atoms with van der Waals surface area (Å²) < 4.78 is 28.4. The highest BCUT2D eigenvalue weighted by atomic mass is 35.5. The molecule has 0 aliphatic rings. The molecule has 0 amide bonds. The smallest absolute Gasteiger partial charge is 0.356 e. The first-order valence-corrected chi connectivity index (χ1v) is 8.88. The number of ether oxygens (including phenoxy) is 1. The van der Waals surface area contributed by atoms with E-state index in [0.717, 1.165) is 11.3 Å². The summed E-state index contributed by atoms with van der Waals surface area (Å²) in [6, 6.07) is 14.3. The molecule has 0 spiro atoms. The highest BCUT2D eigenvalue weighted by Crippen LogP contribution is 2.59. The fourth-order valence-electron chi connectivity index (χ4n) is 2.12. The summed E-state index contributed by atoms with van der Waals surface area (Å²) in [4.78, 5) is 0. The van der Waals surface area contributed by atoms with E-state index in [4.69, 9.17) is 25.4 Å². The quantitative estimate of drug-likeness (QED) is 0.712. The normalized spacial score (nSPS) is 12.7. The van der Waals surface area contributed by atoms with Crippen molar-refractivity contribution in [2.24, 2.45) is 0 Å². The number of methoxy groups -OCH3 is 1. The van der Waals surface area contributed by atoms with Crippen molar-refractivity contribution in [3.8, 4) is 5.75 Å². The first kappa shape index (κ1) is 17.8. The number of hydrogen-bond donors (Lipinski definition) is 1. The van der Waals surface area contributed by atoms with Crippen LogP contribution in [-0.2, 0) is 13.6 Å². The Morgan fingerprint density at radius 3 is 2.00 bits per heavy atom. The van der Waals surface area contributed by atoms with Gasteiger partial charge < -0.3 is 19.1 Å². The molecule has 1 unspecified atom stereocenters. The van der Waals surface area contributed by atoms with Crippen molar-refractivity contribution < 1.29 is 18.3 Å². The Hall–Kier alpha value is -1.52. The molecule has 0 aliphatic heterocycles. The molecule has 5 nitrogen and oxygen atoms in total. The van der Waals surface area contributed by atoms with Crippen molar-refractivity contribution >= 4 is 24.9 Å². The maximum absolute atomic E-state index is 12.9. The van der Waals surface area contributed by atoms with Gasteiger partial charge in [0.25, 0.3) is 0 Å². The minimum Gasteiger partial charge on any atom is -0.497 e. The van der Waals surface area contributed by atoms with Crippen LogP contribution in [0.2, 0.25) is 5.02 Å². The van der Waals surface area contributed by atoms with E-state index in [0.29, 0.717) is 10.8 Å². The Balaban J connectivity index is 2.38. The van der Waals surface area contributed by atoms with Gasteiger partial charge in [-0.1, -0.05) is 23.7 Å². The molecule has 0 radical (unpaired) electrons. The summed E-state index contributed by atoms with van der Waals surface area (Å²) in [7, 11) is 0.923. The van der Waals surface area contributed by atoms with Gasteiger partial charge in [0.2, 0.25) is 0 Å². The third-order valence-corrected chi connectivity index (χ3v) is 5.73. The molecule has 1 N–H and O–H groups in total. The molecule has 0 bridgehead atoms. The average molecular weight is 356 g/mol. The number of rotatable bonds is 7. The molecule has 0 fully saturated rings. The molecule has 2 aromatic rings. The van der Waals surface area contributed by atoms with Crippen LogP contribution in [0.25, 0.3) is 0 Å². The van der Waals surface area contributed by atoms with E-state index < -0.39 is 13.4 Å². The van der Waals surface area contributed by atoms with Crippen molar-refractivity contribution in [1.29, 1.82) is 0 Å². The molecular formula is C16H19ClNO4P. The highest BCUT2D eigenvalue weighted by Gasteiger charge is 2.35. The van der Waals surface area contributed by atoms with Crippen LogP contribution >= 0.6 is 19.2 Å². The van der Waals surface area contributed by atoms with Crippen LogP contribution in [-0.4, -0.2) is 21.3 Å². The minimum atomic E-state index is -3.40. The van der Waals surface area contributed by atoms with Crippen LogP contribution in [0.15, 0.2) is 48.5 Å². The second kappa shape index (κ2) is 7.84. The number of hydrogen-bond acceptors (Lipinski definition) is 5. The molecule has 2 rings (SSSR count). The lowest BCUT2D eigenvalue weighted by molar-refractivity contribution is 0.268. The summed E-state index contributed by atoms with van der Waals surface area (Å²) >= 11 is 5.90. The number of anilines is 1. The van der Waals surface area contributed by atoms with Gasteiger partial charge in [0.15, 0.2) is 5.78 Å². The van der Waals surface area contributed by atoms with Crippen LogP contribution in [0.4, 0.5) is 5.69 Å². The average Bonchev–Trinajstić information content (AvgIpc) is 2.60. The summed E-state index contributed by atoms with van der Waals surface area (Å²) in [5.74, 6) is 0.0493. The van der Waals surface area contributed by atoms with Crippen LogP contribution < -0.4 is 10.1 Å². The van der Waals surface area contributed by atoms with Crippen molar-refractivity contribution in [2.45, 2.75) is 5.78 Å². The second-order valence-electron chi connectivity index (χ2n) is 4.73. The van der Waals surface area contributed by atoms with E-state index in [1.54, 1.807) is 43.5 Å². The molecule has 23 heavy (non-hydrogen) atoms. The maximum Gasteiger partial charge on any atom is 0.356 e. The summed E-state index contributed by atoms with van der Waals surface area (Å²) in [5, 5.41) is 3.81. The van der Waals surface area contributed by atoms with Gasteiger partial charge in [0.1, 0.15) is 5.75 Å². The lowest BCUT2D eigenvalue weighted by Gasteiger charge is -2.26. The molecular weight excluding hydrogens is 337 g/mol. The second-order valence-corrected chi connectivity index (χ2v) is 7.49. The molecule has 124 valence electrons. The fourth-order valence-corrected chi connectivity index (χ4v) is 3.66. The number of nitrogens with one attached hydrogen (secondary N) is 1. The van der Waals surface area contributed by atoms with E-state index in [9.17, 15) is 4.57 Å². The van der Waals surface area contributed by atoms with Crippen molar-refractivity contribution in [3.05, 3.63) is 59.1 Å². The van der Waals surface area contributed by atoms with Gasteiger partial charge in [-0.25, -0.2) is 0 Å². The lowest BCUT2D eigenvalue weighted by atomic mass is 10.2. The van der Waals surface area contributed by atoms with Gasteiger partial charge in [0.05, 0.1) is 7.11 Å². The van der Waals surface area contributed by atoms with Crippen LogP contribution in [0, 0.1) is 0 Å². The van der Waals surface area contributed by atoms with Crippen LogP contribution in [0.3, 0.4) is 0 Å². The fraction of sp³-hybridized carbons (Fsp3) is 0.250. The van der Waals surface area contributed by atoms with Crippen LogP contribution in [0.5, 0.6) is 5.75 Å². The first-order chi connectivity index (χ1) is 11.0. The number of benzene rings is 2. The van der Waals surface area contributed by atoms with Crippen molar-refractivity contribution in [3.63, 3.8) is 0 Å². The van der Waals surface area contributed by atoms with Gasteiger partial charge in [-0.15, -0.1) is 0 Å². The Morgan fingerprint density at radius 1 is 0.957 bits per heavy atom. The third kappa shape index (κ3) is 4.27. The zero-order chi connectivity index (χ0) is 16.9. The largest absolute Gasteiger partial charge is 0.497 e. The Morgan fingerprint density at radius 2 is 1.52 bits per heavy atom. The predicted octanol–water partition coefficient (Wildman–Crippen LogP) is 4.95. The van der Waals surface area contributed by atoms with Crippen molar-refractivity contribution in [1.82, 2.24) is 0 Å². The maximum atomic E-state index is 12.9. The molecule has 7 heteroatoms. The van der Waals surface area contributed by atoms with E-state index in [1.807, 2.05) is 12.1 Å². The van der Waals surface area contributed by atoms with Crippen LogP contribution in [0.1, 0.15) is 11.3 Å². The van der Waals surface area contributed by atoms with Gasteiger partial charge in [-0.2, -0.15) is 0 Å². The van der Waals surface area contributed by atoms with Gasteiger partial charge in [-0.05, 0) is 42.0 Å². The van der Waals surface area contributed by atoms with E-state index >= 15 is 0 Å². The molecule has 0 saturated carbocycles. The zero-order valence-corrected chi connectivity index (χ0v) is 14.8. The Kier molecular flexibility index (Phi) is 6.08. The SMILES string of the molecule is COc1ccc(C(Nc2ccc(Cl)cc2)P(=O)(OC)OC)cc1. The molecule has 2 aromatic carbocycles. The summed E-state index contributed by atoms with van der Waals surface area (Å²) in [6.45, 7) is 0. The topological polar surface area (TPSA) is 56.8 Å². The molecule has 0 saturated heterocycles. The third-order valence-electron chi connectivity index (χ3n) is 3.40. The molecule has 1 atom stereocenters. The number of halogens is 1. The van der Waals surface area contributed by atoms with Gasteiger partial charge >= 0.3 is 7.60 Å². The molecule has 0 aliphatic carbocycles. The highest BCUT2D eigenvalue weighted by molar-refractivity contribution is 7.54. The van der Waals surface area contributed by atoms with Gasteiger partial charge in [-0.3, -0.25) is 4.57 Å². The van der Waals surface area contributed by atoms with E-state index in [2.05, 4.69) is 5.32 Å². The monoisotopic (exact) mass is 355 g/mol. The lowest BCUT2D eigenvalue weighted by Crippen LogP contribution is -2.13. The van der Waals surface area contributed by atoms with Gasteiger partial charge in [0, 0.05) is 24.9 Å². The standard InChI is InChI=1S/C16H19ClNO4P/c1-20-15-10-4-12(5-11-15)16(23(19,21-2)22-3)18-14-8-6-13(17)7-9-14/h4-11,16,18H,1-3H3. The first-order valence-electron chi connectivity index (χ1n) is 6.89. The summed E-state index contributed by atoms with van der Waals surface area (Å²) in [6.07, 6.45) is 0. The zero-order valence-electron chi connectivity index (χ0n) is 13.2. The Labute approximate surface area is 141 Å².